The number of rotatable bonds is 4. The molecular weight excluding hydrogens is 344 g/mol. The highest BCUT2D eigenvalue weighted by atomic mass is 32.2. The van der Waals surface area contributed by atoms with E-state index in [9.17, 15) is 13.2 Å². The van der Waals surface area contributed by atoms with E-state index in [4.69, 9.17) is 0 Å². The summed E-state index contributed by atoms with van der Waals surface area (Å²) in [5.41, 5.74) is 2.02. The van der Waals surface area contributed by atoms with E-state index in [0.717, 1.165) is 21.9 Å². The van der Waals surface area contributed by atoms with Gasteiger partial charge in [-0.1, -0.05) is 18.2 Å². The quantitative estimate of drug-likeness (QED) is 0.742. The van der Waals surface area contributed by atoms with Crippen LogP contribution in [0.5, 0.6) is 0 Å². The van der Waals surface area contributed by atoms with Crippen LogP contribution in [0.3, 0.4) is 0 Å². The first-order valence-corrected chi connectivity index (χ1v) is 9.91. The molecule has 1 aromatic heterocycles. The van der Waals surface area contributed by atoms with Gasteiger partial charge in [0, 0.05) is 16.1 Å². The summed E-state index contributed by atoms with van der Waals surface area (Å²) in [6.07, 6.45) is 1.09. The minimum Gasteiger partial charge on any atom is -0.321 e. The molecule has 124 valence electrons. The molecule has 0 saturated carbocycles. The number of thiophene rings is 1. The van der Waals surface area contributed by atoms with Gasteiger partial charge in [0.05, 0.1) is 11.1 Å². The molecule has 0 aliphatic rings. The predicted octanol–water partition coefficient (Wildman–Crippen LogP) is 3.83. The van der Waals surface area contributed by atoms with Crippen molar-refractivity contribution in [2.24, 2.45) is 0 Å². The summed E-state index contributed by atoms with van der Waals surface area (Å²) in [6, 6.07) is 14.4. The Bertz CT molecular complexity index is 1010. The van der Waals surface area contributed by atoms with Gasteiger partial charge >= 0.3 is 0 Å². The molecule has 2 aromatic carbocycles. The lowest BCUT2D eigenvalue weighted by Crippen LogP contribution is -2.12. The number of aryl methyl sites for hydroxylation is 1. The van der Waals surface area contributed by atoms with E-state index >= 15 is 0 Å². The van der Waals surface area contributed by atoms with E-state index in [2.05, 4.69) is 10.0 Å². The number of anilines is 2. The number of hydrogen-bond donors (Lipinski definition) is 2. The summed E-state index contributed by atoms with van der Waals surface area (Å²) < 4.78 is 25.8. The van der Waals surface area contributed by atoms with Crippen LogP contribution in [0.2, 0.25) is 0 Å². The lowest BCUT2D eigenvalue weighted by Gasteiger charge is -2.07. The zero-order valence-electron chi connectivity index (χ0n) is 13.2. The van der Waals surface area contributed by atoms with Crippen LogP contribution < -0.4 is 10.0 Å². The number of sulfonamides is 1. The van der Waals surface area contributed by atoms with E-state index < -0.39 is 10.0 Å². The molecule has 0 aliphatic heterocycles. The molecule has 0 aliphatic carbocycles. The molecule has 24 heavy (non-hydrogen) atoms. The molecule has 0 fully saturated rings. The molecule has 0 radical (unpaired) electrons. The predicted molar refractivity (Wildman–Crippen MR) is 99.4 cm³/mol. The van der Waals surface area contributed by atoms with Gasteiger partial charge in [-0.3, -0.25) is 9.52 Å². The van der Waals surface area contributed by atoms with Crippen molar-refractivity contribution >= 4 is 48.7 Å². The first-order valence-electron chi connectivity index (χ1n) is 7.21. The Hall–Kier alpha value is -2.38. The Labute approximate surface area is 144 Å². The van der Waals surface area contributed by atoms with Gasteiger partial charge in [0.25, 0.3) is 5.91 Å². The van der Waals surface area contributed by atoms with Crippen LogP contribution >= 0.6 is 11.3 Å². The molecule has 1 amide bonds. The first-order chi connectivity index (χ1) is 11.3. The second-order valence-corrected chi connectivity index (χ2v) is 8.26. The zero-order valence-corrected chi connectivity index (χ0v) is 14.8. The van der Waals surface area contributed by atoms with Gasteiger partial charge < -0.3 is 5.32 Å². The number of nitrogens with one attached hydrogen (secondary N) is 2. The molecule has 0 saturated heterocycles. The third-order valence-electron chi connectivity index (χ3n) is 3.50. The summed E-state index contributed by atoms with van der Waals surface area (Å²) in [6.45, 7) is 1.94. The van der Waals surface area contributed by atoms with Crippen LogP contribution in [0.15, 0.2) is 48.5 Å². The minimum absolute atomic E-state index is 0.169. The van der Waals surface area contributed by atoms with Crippen LogP contribution in [0.4, 0.5) is 11.4 Å². The summed E-state index contributed by atoms with van der Waals surface area (Å²) in [7, 11) is -3.31. The van der Waals surface area contributed by atoms with Crippen molar-refractivity contribution in [1.29, 1.82) is 0 Å². The van der Waals surface area contributed by atoms with E-state index in [-0.39, 0.29) is 5.91 Å². The molecule has 0 atom stereocenters. The smallest absolute Gasteiger partial charge is 0.266 e. The summed E-state index contributed by atoms with van der Waals surface area (Å²) in [5.74, 6) is -0.169. The summed E-state index contributed by atoms with van der Waals surface area (Å²) in [5, 5.41) is 3.93. The van der Waals surface area contributed by atoms with E-state index in [0.29, 0.717) is 16.3 Å². The molecule has 0 spiro atoms. The maximum atomic E-state index is 12.5. The van der Waals surface area contributed by atoms with Gasteiger partial charge in [-0.2, -0.15) is 0 Å². The maximum absolute atomic E-state index is 12.5. The molecule has 3 rings (SSSR count). The van der Waals surface area contributed by atoms with Gasteiger partial charge in [-0.25, -0.2) is 8.42 Å². The van der Waals surface area contributed by atoms with Gasteiger partial charge in [-0.05, 0) is 48.2 Å². The Morgan fingerprint density at radius 2 is 1.62 bits per heavy atom. The zero-order chi connectivity index (χ0) is 17.3. The molecular formula is C17H16N2O3S2. The third kappa shape index (κ3) is 3.58. The second-order valence-electron chi connectivity index (χ2n) is 5.46. The highest BCUT2D eigenvalue weighted by molar-refractivity contribution is 7.92. The van der Waals surface area contributed by atoms with Crippen molar-refractivity contribution in [3.05, 3.63) is 59.0 Å². The largest absolute Gasteiger partial charge is 0.321 e. The minimum atomic E-state index is -3.31. The van der Waals surface area contributed by atoms with Crippen LogP contribution in [0.1, 0.15) is 15.2 Å². The average Bonchev–Trinajstić information content (AvgIpc) is 2.85. The third-order valence-corrected chi connectivity index (χ3v) is 5.37. The van der Waals surface area contributed by atoms with Crippen LogP contribution in [0.25, 0.3) is 10.1 Å². The molecule has 5 nitrogen and oxygen atoms in total. The topological polar surface area (TPSA) is 75.3 Å². The van der Waals surface area contributed by atoms with Crippen molar-refractivity contribution in [3.63, 3.8) is 0 Å². The number of hydrogen-bond acceptors (Lipinski definition) is 4. The number of carbonyl (C=O) groups excluding carboxylic acids is 1. The lowest BCUT2D eigenvalue weighted by molar-refractivity contribution is 0.103. The van der Waals surface area contributed by atoms with Gasteiger partial charge in [-0.15, -0.1) is 11.3 Å². The average molecular weight is 360 g/mol. The van der Waals surface area contributed by atoms with E-state index in [1.165, 1.54) is 11.3 Å². The van der Waals surface area contributed by atoms with Crippen LogP contribution in [-0.4, -0.2) is 20.6 Å². The molecule has 7 heteroatoms. The number of benzene rings is 2. The number of amides is 1. The van der Waals surface area contributed by atoms with Gasteiger partial charge in [0.15, 0.2) is 0 Å². The molecule has 3 aromatic rings. The highest BCUT2D eigenvalue weighted by Gasteiger charge is 2.15. The summed E-state index contributed by atoms with van der Waals surface area (Å²) in [4.78, 5) is 13.2. The number of carbonyl (C=O) groups is 1. The van der Waals surface area contributed by atoms with E-state index in [1.807, 2.05) is 31.2 Å². The van der Waals surface area contributed by atoms with Gasteiger partial charge in [0.1, 0.15) is 0 Å². The Kier molecular flexibility index (Phi) is 4.29. The van der Waals surface area contributed by atoms with Crippen molar-refractivity contribution in [1.82, 2.24) is 0 Å². The Balaban J connectivity index is 1.80. The SMILES string of the molecule is Cc1c(C(=O)Nc2ccc(NS(C)(=O)=O)cc2)sc2ccccc12. The fourth-order valence-electron chi connectivity index (χ4n) is 2.41. The van der Waals surface area contributed by atoms with Crippen molar-refractivity contribution in [2.45, 2.75) is 6.92 Å². The fourth-order valence-corrected chi connectivity index (χ4v) is 4.08. The van der Waals surface area contributed by atoms with Crippen molar-refractivity contribution in [3.8, 4) is 0 Å². The lowest BCUT2D eigenvalue weighted by atomic mass is 10.1. The van der Waals surface area contributed by atoms with Crippen LogP contribution in [-0.2, 0) is 10.0 Å². The Morgan fingerprint density at radius 3 is 2.25 bits per heavy atom. The Morgan fingerprint density at radius 1 is 1.00 bits per heavy atom. The van der Waals surface area contributed by atoms with Crippen molar-refractivity contribution in [2.75, 3.05) is 16.3 Å². The second kappa shape index (κ2) is 6.26. The molecule has 0 unspecified atom stereocenters. The van der Waals surface area contributed by atoms with Crippen LogP contribution in [0, 0.1) is 6.92 Å². The normalized spacial score (nSPS) is 11.4. The monoisotopic (exact) mass is 360 g/mol. The maximum Gasteiger partial charge on any atom is 0.266 e. The number of fused-ring (bicyclic) bond motifs is 1. The summed E-state index contributed by atoms with van der Waals surface area (Å²) >= 11 is 1.46. The fraction of sp³-hybridized carbons (Fsp3) is 0.118. The highest BCUT2D eigenvalue weighted by Crippen LogP contribution is 2.31. The van der Waals surface area contributed by atoms with E-state index in [1.54, 1.807) is 24.3 Å². The molecule has 0 bridgehead atoms. The van der Waals surface area contributed by atoms with Crippen molar-refractivity contribution < 1.29 is 13.2 Å². The van der Waals surface area contributed by atoms with Gasteiger partial charge in [0.2, 0.25) is 10.0 Å². The molecule has 2 N–H and O–H groups in total. The molecule has 1 heterocycles. The first kappa shape index (κ1) is 16.5. The standard InChI is InChI=1S/C17H16N2O3S2/c1-11-14-5-3-4-6-15(14)23-16(11)17(20)18-12-7-9-13(10-8-12)19-24(2,21)22/h3-10,19H,1-2H3,(H,18,20).